The van der Waals surface area contributed by atoms with Gasteiger partial charge in [0.1, 0.15) is 5.78 Å². The fourth-order valence-electron chi connectivity index (χ4n) is 2.72. The van der Waals surface area contributed by atoms with Crippen molar-refractivity contribution in [3.05, 3.63) is 35.4 Å². The maximum Gasteiger partial charge on any atom is 0.133 e. The van der Waals surface area contributed by atoms with Gasteiger partial charge in [-0.1, -0.05) is 24.3 Å². The second-order valence-corrected chi connectivity index (χ2v) is 5.07. The molecule has 1 unspecified atom stereocenters. The molecule has 1 aliphatic carbocycles. The number of fused-ring (bicyclic) bond motifs is 1. The summed E-state index contributed by atoms with van der Waals surface area (Å²) in [6.45, 7) is 2.07. The molecule has 1 N–H and O–H groups in total. The standard InChI is InChI=1S/C14H17NO/c16-13(5-10-8-15-9-10)7-12-6-11-3-1-2-4-14(11)12/h1-4,10,12,15H,5-9H2. The number of Topliss-reactive ketones (excluding diaryl/α,β-unsaturated/α-hetero) is 1. The Morgan fingerprint density at radius 3 is 2.75 bits per heavy atom. The topological polar surface area (TPSA) is 29.1 Å². The first-order valence-corrected chi connectivity index (χ1v) is 6.13. The molecule has 3 rings (SSSR count). The van der Waals surface area contributed by atoms with Gasteiger partial charge in [0.15, 0.2) is 0 Å². The molecular formula is C14H17NO. The Morgan fingerprint density at radius 2 is 2.06 bits per heavy atom. The highest BCUT2D eigenvalue weighted by Crippen LogP contribution is 2.37. The summed E-state index contributed by atoms with van der Waals surface area (Å²) in [5.74, 6) is 1.57. The Hall–Kier alpha value is -1.15. The van der Waals surface area contributed by atoms with Crippen molar-refractivity contribution in [2.24, 2.45) is 5.92 Å². The van der Waals surface area contributed by atoms with Gasteiger partial charge in [0.2, 0.25) is 0 Å². The van der Waals surface area contributed by atoms with Crippen LogP contribution in [0.1, 0.15) is 29.9 Å². The van der Waals surface area contributed by atoms with Crippen LogP contribution in [-0.4, -0.2) is 18.9 Å². The Kier molecular flexibility index (Phi) is 2.52. The third-order valence-electron chi connectivity index (χ3n) is 3.82. The highest BCUT2D eigenvalue weighted by atomic mass is 16.1. The highest BCUT2D eigenvalue weighted by molar-refractivity contribution is 5.80. The van der Waals surface area contributed by atoms with Crippen LogP contribution in [0, 0.1) is 5.92 Å². The molecule has 1 aromatic rings. The largest absolute Gasteiger partial charge is 0.316 e. The number of rotatable bonds is 4. The molecule has 2 aliphatic rings. The first-order valence-electron chi connectivity index (χ1n) is 6.13. The van der Waals surface area contributed by atoms with Gasteiger partial charge in [-0.3, -0.25) is 4.79 Å². The molecule has 0 aromatic heterocycles. The van der Waals surface area contributed by atoms with E-state index >= 15 is 0 Å². The zero-order valence-corrected chi connectivity index (χ0v) is 9.41. The fraction of sp³-hybridized carbons (Fsp3) is 0.500. The van der Waals surface area contributed by atoms with E-state index in [1.165, 1.54) is 11.1 Å². The minimum atomic E-state index is 0.450. The summed E-state index contributed by atoms with van der Waals surface area (Å²) in [5, 5.41) is 3.21. The number of carbonyl (C=O) groups excluding carboxylic acids is 1. The van der Waals surface area contributed by atoms with Gasteiger partial charge in [0.05, 0.1) is 0 Å². The maximum absolute atomic E-state index is 11.8. The van der Waals surface area contributed by atoms with Crippen molar-refractivity contribution in [2.45, 2.75) is 25.2 Å². The van der Waals surface area contributed by atoms with E-state index in [4.69, 9.17) is 0 Å². The molecule has 0 bridgehead atoms. The molecule has 1 saturated heterocycles. The summed E-state index contributed by atoms with van der Waals surface area (Å²) in [5.41, 5.74) is 2.84. The third-order valence-corrected chi connectivity index (χ3v) is 3.82. The summed E-state index contributed by atoms with van der Waals surface area (Å²) in [6.07, 6.45) is 2.64. The van der Waals surface area contributed by atoms with Crippen molar-refractivity contribution in [3.8, 4) is 0 Å². The molecule has 0 saturated carbocycles. The number of benzene rings is 1. The van der Waals surface area contributed by atoms with E-state index in [-0.39, 0.29) is 0 Å². The molecule has 0 spiro atoms. The molecule has 1 aromatic carbocycles. The van der Waals surface area contributed by atoms with Crippen LogP contribution in [0.15, 0.2) is 24.3 Å². The lowest BCUT2D eigenvalue weighted by Gasteiger charge is -2.31. The van der Waals surface area contributed by atoms with E-state index in [1.807, 2.05) is 0 Å². The normalized spacial score (nSPS) is 23.1. The smallest absolute Gasteiger partial charge is 0.133 e. The van der Waals surface area contributed by atoms with Crippen LogP contribution in [0.2, 0.25) is 0 Å². The number of carbonyl (C=O) groups is 1. The van der Waals surface area contributed by atoms with Gasteiger partial charge >= 0.3 is 0 Å². The Morgan fingerprint density at radius 1 is 1.25 bits per heavy atom. The summed E-state index contributed by atoms with van der Waals surface area (Å²) < 4.78 is 0. The molecule has 1 atom stereocenters. The van der Waals surface area contributed by atoms with Gasteiger partial charge in [-0.2, -0.15) is 0 Å². The predicted molar refractivity (Wildman–Crippen MR) is 63.5 cm³/mol. The van der Waals surface area contributed by atoms with Gasteiger partial charge in [-0.15, -0.1) is 0 Å². The minimum absolute atomic E-state index is 0.450. The molecule has 0 amide bonds. The van der Waals surface area contributed by atoms with Gasteiger partial charge < -0.3 is 5.32 Å². The molecule has 1 aliphatic heterocycles. The lowest BCUT2D eigenvalue weighted by Crippen LogP contribution is -2.43. The van der Waals surface area contributed by atoms with E-state index in [2.05, 4.69) is 29.6 Å². The minimum Gasteiger partial charge on any atom is -0.316 e. The number of hydrogen-bond donors (Lipinski definition) is 1. The van der Waals surface area contributed by atoms with Crippen LogP contribution in [0.25, 0.3) is 0 Å². The molecule has 2 nitrogen and oxygen atoms in total. The van der Waals surface area contributed by atoms with Crippen LogP contribution < -0.4 is 5.32 Å². The van der Waals surface area contributed by atoms with Gasteiger partial charge in [-0.25, -0.2) is 0 Å². The fourth-order valence-corrected chi connectivity index (χ4v) is 2.72. The predicted octanol–water partition coefficient (Wildman–Crippen LogP) is 1.90. The average molecular weight is 215 g/mol. The Bertz CT molecular complexity index is 409. The first-order chi connectivity index (χ1) is 7.83. The lowest BCUT2D eigenvalue weighted by molar-refractivity contribution is -0.120. The third kappa shape index (κ3) is 1.78. The zero-order chi connectivity index (χ0) is 11.0. The van der Waals surface area contributed by atoms with E-state index in [1.54, 1.807) is 0 Å². The number of ketones is 1. The summed E-state index contributed by atoms with van der Waals surface area (Å²) in [7, 11) is 0. The maximum atomic E-state index is 11.8. The van der Waals surface area contributed by atoms with Crippen molar-refractivity contribution < 1.29 is 4.79 Å². The van der Waals surface area contributed by atoms with Crippen LogP contribution in [0.3, 0.4) is 0 Å². The molecule has 0 radical (unpaired) electrons. The molecule has 1 fully saturated rings. The van der Waals surface area contributed by atoms with Crippen molar-refractivity contribution in [3.63, 3.8) is 0 Å². The SMILES string of the molecule is O=C(CC1CNC1)CC1Cc2ccccc21. The summed E-state index contributed by atoms with van der Waals surface area (Å²) >= 11 is 0. The number of nitrogens with one attached hydrogen (secondary N) is 1. The monoisotopic (exact) mass is 215 g/mol. The first kappa shape index (κ1) is 10.0. The van der Waals surface area contributed by atoms with Crippen molar-refractivity contribution in [2.75, 3.05) is 13.1 Å². The van der Waals surface area contributed by atoms with Crippen molar-refractivity contribution in [1.82, 2.24) is 5.32 Å². The van der Waals surface area contributed by atoms with Crippen molar-refractivity contribution in [1.29, 1.82) is 0 Å². The molecular weight excluding hydrogens is 198 g/mol. The van der Waals surface area contributed by atoms with E-state index in [0.717, 1.165) is 32.4 Å². The number of hydrogen-bond acceptors (Lipinski definition) is 2. The summed E-state index contributed by atoms with van der Waals surface area (Å²) in [6, 6.07) is 8.50. The van der Waals surface area contributed by atoms with E-state index < -0.39 is 0 Å². The van der Waals surface area contributed by atoms with Crippen LogP contribution in [0.4, 0.5) is 0 Å². The second kappa shape index (κ2) is 4.02. The molecule has 84 valence electrons. The highest BCUT2D eigenvalue weighted by Gasteiger charge is 2.28. The van der Waals surface area contributed by atoms with E-state index in [9.17, 15) is 4.79 Å². The molecule has 16 heavy (non-hydrogen) atoms. The van der Waals surface area contributed by atoms with Crippen molar-refractivity contribution >= 4 is 5.78 Å². The Balaban J connectivity index is 1.55. The Labute approximate surface area is 96.1 Å². The lowest BCUT2D eigenvalue weighted by atomic mass is 9.74. The van der Waals surface area contributed by atoms with E-state index in [0.29, 0.717) is 17.6 Å². The van der Waals surface area contributed by atoms with Crippen LogP contribution in [0.5, 0.6) is 0 Å². The van der Waals surface area contributed by atoms with Gasteiger partial charge in [0, 0.05) is 12.8 Å². The summed E-state index contributed by atoms with van der Waals surface area (Å²) in [4.78, 5) is 11.8. The average Bonchev–Trinajstić information content (AvgIpc) is 2.20. The van der Waals surface area contributed by atoms with Crippen LogP contribution >= 0.6 is 0 Å². The molecule has 1 heterocycles. The van der Waals surface area contributed by atoms with Gasteiger partial charge in [0.25, 0.3) is 0 Å². The second-order valence-electron chi connectivity index (χ2n) is 5.07. The molecule has 2 heteroatoms. The van der Waals surface area contributed by atoms with Crippen LogP contribution in [-0.2, 0) is 11.2 Å². The zero-order valence-electron chi connectivity index (χ0n) is 9.41. The quantitative estimate of drug-likeness (QED) is 0.831. The van der Waals surface area contributed by atoms with Gasteiger partial charge in [-0.05, 0) is 42.5 Å².